The molecule has 3 heterocycles. The van der Waals surface area contributed by atoms with Crippen LogP contribution in [0.1, 0.15) is 36.8 Å². The first-order valence-electron chi connectivity index (χ1n) is 11.3. The van der Waals surface area contributed by atoms with E-state index in [2.05, 4.69) is 0 Å². The predicted molar refractivity (Wildman–Crippen MR) is 124 cm³/mol. The van der Waals surface area contributed by atoms with E-state index < -0.39 is 23.3 Å². The fourth-order valence-electron chi connectivity index (χ4n) is 5.41. The molecule has 6 rings (SSSR count). The number of carbonyl (C=O) groups is 2. The minimum atomic E-state index is -0.708. The fraction of sp³-hybridized carbons (Fsp3) is 0.231. The van der Waals surface area contributed by atoms with Crippen LogP contribution in [0.15, 0.2) is 90.9 Å². The first-order chi connectivity index (χ1) is 16.9. The van der Waals surface area contributed by atoms with E-state index in [1.807, 2.05) is 6.08 Å². The second kappa shape index (κ2) is 7.64. The molecule has 3 aliphatic rings. The summed E-state index contributed by atoms with van der Waals surface area (Å²) in [6.07, 6.45) is 3.28. The van der Waals surface area contributed by atoms with Gasteiger partial charge in [-0.2, -0.15) is 0 Å². The Balaban J connectivity index is 1.58. The lowest BCUT2D eigenvalue weighted by molar-refractivity contribution is -0.116. The average Bonchev–Trinajstić information content (AvgIpc) is 3.44. The lowest BCUT2D eigenvalue weighted by Crippen LogP contribution is -2.40. The lowest BCUT2D eigenvalue weighted by atomic mass is 9.69. The number of aromatic nitrogens is 3. The van der Waals surface area contributed by atoms with Crippen LogP contribution < -0.4 is 11.4 Å². The number of hydrogen-bond acceptors (Lipinski definition) is 6. The van der Waals surface area contributed by atoms with Crippen molar-refractivity contribution in [1.29, 1.82) is 0 Å². The number of ketones is 2. The molecular formula is C26H21N3O6. The van der Waals surface area contributed by atoms with Gasteiger partial charge in [-0.1, -0.05) is 24.3 Å². The van der Waals surface area contributed by atoms with E-state index in [1.165, 1.54) is 15.4 Å². The minimum Gasteiger partial charge on any atom is -0.463 e. The molecule has 0 saturated carbocycles. The van der Waals surface area contributed by atoms with E-state index in [0.29, 0.717) is 39.5 Å². The maximum atomic E-state index is 13.6. The molecule has 1 aliphatic heterocycles. The van der Waals surface area contributed by atoms with Crippen molar-refractivity contribution in [3.05, 3.63) is 109 Å². The van der Waals surface area contributed by atoms with Crippen molar-refractivity contribution in [3.63, 3.8) is 0 Å². The monoisotopic (exact) mass is 471 g/mol. The molecule has 1 aromatic carbocycles. The maximum absolute atomic E-state index is 13.6. The predicted octanol–water partition coefficient (Wildman–Crippen LogP) is 1.95. The van der Waals surface area contributed by atoms with E-state index >= 15 is 0 Å². The SMILES string of the molecule is CC1=CC(=O)C2=C(CC3C(=CCn4c(=O)n(-c5ccccc5)c(=O)n43)C2c2ccc(CO)o2)C1=O. The molecule has 9 heteroatoms. The van der Waals surface area contributed by atoms with Crippen molar-refractivity contribution >= 4 is 11.6 Å². The molecule has 0 radical (unpaired) electrons. The Morgan fingerprint density at radius 3 is 2.51 bits per heavy atom. The van der Waals surface area contributed by atoms with Gasteiger partial charge in [0.15, 0.2) is 11.6 Å². The number of aliphatic hydroxyl groups excluding tert-OH is 1. The van der Waals surface area contributed by atoms with Crippen LogP contribution in [0.5, 0.6) is 0 Å². The highest BCUT2D eigenvalue weighted by atomic mass is 16.4. The third kappa shape index (κ3) is 2.98. The highest BCUT2D eigenvalue weighted by Gasteiger charge is 2.45. The highest BCUT2D eigenvalue weighted by Crippen LogP contribution is 2.49. The van der Waals surface area contributed by atoms with Gasteiger partial charge in [0.05, 0.1) is 24.2 Å². The van der Waals surface area contributed by atoms with Crippen molar-refractivity contribution in [2.24, 2.45) is 0 Å². The summed E-state index contributed by atoms with van der Waals surface area (Å²) in [4.78, 5) is 53.2. The molecule has 2 aromatic heterocycles. The van der Waals surface area contributed by atoms with E-state index in [4.69, 9.17) is 4.42 Å². The number of aliphatic hydroxyl groups is 1. The molecule has 1 N–H and O–H groups in total. The van der Waals surface area contributed by atoms with Gasteiger partial charge in [0.25, 0.3) is 0 Å². The van der Waals surface area contributed by atoms with Crippen LogP contribution in [0.4, 0.5) is 0 Å². The zero-order valence-electron chi connectivity index (χ0n) is 18.8. The molecule has 0 fully saturated rings. The zero-order valence-corrected chi connectivity index (χ0v) is 18.8. The van der Waals surface area contributed by atoms with E-state index in [0.717, 1.165) is 4.57 Å². The summed E-state index contributed by atoms with van der Waals surface area (Å²) in [5.41, 5.74) is 1.15. The first kappa shape index (κ1) is 21.3. The lowest BCUT2D eigenvalue weighted by Gasteiger charge is -2.38. The normalized spacial score (nSPS) is 21.3. The number of carbonyl (C=O) groups excluding carboxylic acids is 2. The summed E-state index contributed by atoms with van der Waals surface area (Å²) in [7, 11) is 0. The number of furan rings is 1. The number of hydrogen-bond donors (Lipinski definition) is 1. The topological polar surface area (TPSA) is 116 Å². The summed E-state index contributed by atoms with van der Waals surface area (Å²) in [5.74, 6) is -0.516. The van der Waals surface area contributed by atoms with Crippen molar-refractivity contribution in [1.82, 2.24) is 13.9 Å². The Bertz CT molecular complexity index is 1620. The Labute approximate surface area is 198 Å². The molecule has 2 atom stereocenters. The minimum absolute atomic E-state index is 0.110. The van der Waals surface area contributed by atoms with Crippen LogP contribution in [0, 0.1) is 0 Å². The van der Waals surface area contributed by atoms with Gasteiger partial charge in [-0.25, -0.2) is 23.5 Å². The maximum Gasteiger partial charge on any atom is 0.352 e. The van der Waals surface area contributed by atoms with Crippen LogP contribution in [0.25, 0.3) is 5.69 Å². The first-order valence-corrected chi connectivity index (χ1v) is 11.3. The standard InChI is InChI=1S/C26H21N3O6/c1-14-11-20(31)22-18(24(14)32)12-19-17(23(22)21-8-7-16(13-30)35-21)9-10-27-25(33)28(26(34)29(19)27)15-5-3-2-4-6-15/h2-9,11,19,23,30H,10,12-13H2,1H3. The molecule has 2 aliphatic carbocycles. The molecule has 0 spiro atoms. The summed E-state index contributed by atoms with van der Waals surface area (Å²) in [5, 5.41) is 9.51. The molecule has 9 nitrogen and oxygen atoms in total. The molecule has 0 amide bonds. The number of rotatable bonds is 3. The van der Waals surface area contributed by atoms with E-state index in [-0.39, 0.29) is 31.1 Å². The number of fused-ring (bicyclic) bond motifs is 3. The van der Waals surface area contributed by atoms with E-state index in [9.17, 15) is 24.3 Å². The van der Waals surface area contributed by atoms with Gasteiger partial charge in [-0.15, -0.1) is 0 Å². The van der Waals surface area contributed by atoms with Crippen LogP contribution >= 0.6 is 0 Å². The van der Waals surface area contributed by atoms with Crippen molar-refractivity contribution < 1.29 is 19.1 Å². The number of para-hydroxylation sites is 1. The molecule has 0 bridgehead atoms. The largest absolute Gasteiger partial charge is 0.463 e. The quantitative estimate of drug-likeness (QED) is 0.461. The zero-order chi connectivity index (χ0) is 24.4. The fourth-order valence-corrected chi connectivity index (χ4v) is 5.41. The summed E-state index contributed by atoms with van der Waals surface area (Å²) >= 11 is 0. The third-order valence-corrected chi connectivity index (χ3v) is 6.97. The van der Waals surface area contributed by atoms with Gasteiger partial charge in [0.2, 0.25) is 0 Å². The smallest absolute Gasteiger partial charge is 0.352 e. The van der Waals surface area contributed by atoms with Crippen LogP contribution in [-0.4, -0.2) is 30.6 Å². The number of Topliss-reactive ketones (excluding diaryl/α,β-unsaturated/α-hetero) is 1. The highest BCUT2D eigenvalue weighted by molar-refractivity contribution is 6.23. The third-order valence-electron chi connectivity index (χ3n) is 6.97. The summed E-state index contributed by atoms with van der Waals surface area (Å²) < 4.78 is 9.70. The molecule has 0 saturated heterocycles. The molecule has 2 unspecified atom stereocenters. The Morgan fingerprint density at radius 1 is 1.03 bits per heavy atom. The van der Waals surface area contributed by atoms with Gasteiger partial charge in [-0.3, -0.25) is 9.59 Å². The van der Waals surface area contributed by atoms with Gasteiger partial charge in [0, 0.05) is 23.1 Å². The van der Waals surface area contributed by atoms with Crippen molar-refractivity contribution in [2.45, 2.75) is 38.5 Å². The van der Waals surface area contributed by atoms with Crippen LogP contribution in [0.3, 0.4) is 0 Å². The Kier molecular flexibility index (Phi) is 4.65. The second-order valence-electron chi connectivity index (χ2n) is 8.89. The Hall–Kier alpha value is -4.24. The van der Waals surface area contributed by atoms with Crippen molar-refractivity contribution in [3.8, 4) is 5.69 Å². The van der Waals surface area contributed by atoms with Crippen LogP contribution in [0.2, 0.25) is 0 Å². The van der Waals surface area contributed by atoms with Gasteiger partial charge >= 0.3 is 11.4 Å². The van der Waals surface area contributed by atoms with Gasteiger partial charge in [0.1, 0.15) is 18.1 Å². The molecule has 3 aromatic rings. The number of benzene rings is 1. The summed E-state index contributed by atoms with van der Waals surface area (Å²) in [6.45, 7) is 1.41. The van der Waals surface area contributed by atoms with Crippen LogP contribution in [-0.2, 0) is 22.7 Å². The molecular weight excluding hydrogens is 450 g/mol. The summed E-state index contributed by atoms with van der Waals surface area (Å²) in [6, 6.07) is 11.3. The number of allylic oxidation sites excluding steroid dienone is 6. The van der Waals surface area contributed by atoms with Gasteiger partial charge < -0.3 is 9.52 Å². The van der Waals surface area contributed by atoms with Crippen molar-refractivity contribution in [2.75, 3.05) is 0 Å². The second-order valence-corrected chi connectivity index (χ2v) is 8.89. The molecule has 176 valence electrons. The Morgan fingerprint density at radius 2 is 1.80 bits per heavy atom. The van der Waals surface area contributed by atoms with E-state index in [1.54, 1.807) is 49.4 Å². The average molecular weight is 471 g/mol. The van der Waals surface area contributed by atoms with Gasteiger partial charge in [-0.05, 0) is 42.8 Å². The molecule has 35 heavy (non-hydrogen) atoms. The number of nitrogens with zero attached hydrogens (tertiary/aromatic N) is 3.